The molecule has 6 nitrogen and oxygen atoms in total. The van der Waals surface area contributed by atoms with Crippen LogP contribution in [-0.2, 0) is 22.6 Å². The molecule has 0 unspecified atom stereocenters. The highest BCUT2D eigenvalue weighted by molar-refractivity contribution is 5.98. The highest BCUT2D eigenvalue weighted by Gasteiger charge is 2.28. The van der Waals surface area contributed by atoms with Crippen molar-refractivity contribution < 1.29 is 9.59 Å². The molecular formula is C20H26N4O2. The Hall–Kier alpha value is -2.63. The fourth-order valence-corrected chi connectivity index (χ4v) is 3.50. The van der Waals surface area contributed by atoms with Gasteiger partial charge in [0.25, 0.3) is 0 Å². The maximum absolute atomic E-state index is 12.6. The zero-order valence-corrected chi connectivity index (χ0v) is 15.7. The fraction of sp³-hybridized carbons (Fsp3) is 0.450. The summed E-state index contributed by atoms with van der Waals surface area (Å²) in [5.74, 6) is 0.981. The van der Waals surface area contributed by atoms with Gasteiger partial charge in [0.2, 0.25) is 11.8 Å². The number of aryl methyl sites for hydroxylation is 4. The van der Waals surface area contributed by atoms with E-state index < -0.39 is 0 Å². The van der Waals surface area contributed by atoms with Crippen LogP contribution in [0.3, 0.4) is 0 Å². The Morgan fingerprint density at radius 1 is 1.15 bits per heavy atom. The van der Waals surface area contributed by atoms with Crippen molar-refractivity contribution in [2.45, 2.75) is 40.2 Å². The van der Waals surface area contributed by atoms with Crippen LogP contribution >= 0.6 is 0 Å². The van der Waals surface area contributed by atoms with Gasteiger partial charge in [-0.2, -0.15) is 0 Å². The molecule has 1 aromatic heterocycles. The van der Waals surface area contributed by atoms with Gasteiger partial charge in [-0.1, -0.05) is 13.0 Å². The molecule has 1 fully saturated rings. The van der Waals surface area contributed by atoms with Crippen molar-refractivity contribution in [3.05, 3.63) is 47.5 Å². The molecular weight excluding hydrogens is 328 g/mol. The minimum absolute atomic E-state index is 0.0218. The van der Waals surface area contributed by atoms with Crippen LogP contribution in [0.2, 0.25) is 0 Å². The lowest BCUT2D eigenvalue weighted by Crippen LogP contribution is -2.52. The predicted octanol–water partition coefficient (Wildman–Crippen LogP) is 2.33. The maximum Gasteiger partial charge on any atom is 0.246 e. The number of carbonyl (C=O) groups excluding carboxylic acids is 2. The van der Waals surface area contributed by atoms with Crippen LogP contribution in [0.25, 0.3) is 0 Å². The van der Waals surface area contributed by atoms with Gasteiger partial charge in [0, 0.05) is 50.6 Å². The molecule has 0 atom stereocenters. The van der Waals surface area contributed by atoms with Crippen molar-refractivity contribution in [2.24, 2.45) is 0 Å². The Balaban J connectivity index is 1.59. The van der Waals surface area contributed by atoms with Crippen LogP contribution in [0.1, 0.15) is 30.3 Å². The summed E-state index contributed by atoms with van der Waals surface area (Å²) in [6, 6.07) is 6.13. The first kappa shape index (κ1) is 18.2. The van der Waals surface area contributed by atoms with Gasteiger partial charge in [-0.15, -0.1) is 0 Å². The lowest BCUT2D eigenvalue weighted by molar-refractivity contribution is -0.137. The van der Waals surface area contributed by atoms with Gasteiger partial charge < -0.3 is 14.4 Å². The molecule has 0 aliphatic carbocycles. The van der Waals surface area contributed by atoms with Crippen LogP contribution < -0.4 is 4.90 Å². The number of piperazine rings is 1. The third kappa shape index (κ3) is 3.95. The number of anilines is 1. The molecule has 0 N–H and O–H groups in total. The number of imidazole rings is 1. The Kier molecular flexibility index (Phi) is 5.40. The topological polar surface area (TPSA) is 58.4 Å². The highest BCUT2D eigenvalue weighted by Crippen LogP contribution is 2.21. The zero-order chi connectivity index (χ0) is 18.7. The van der Waals surface area contributed by atoms with Crippen LogP contribution in [0, 0.1) is 13.8 Å². The van der Waals surface area contributed by atoms with Crippen LogP contribution in [0.5, 0.6) is 0 Å². The number of aromatic nitrogens is 2. The third-order valence-electron chi connectivity index (χ3n) is 4.78. The molecule has 138 valence electrons. The van der Waals surface area contributed by atoms with Gasteiger partial charge >= 0.3 is 0 Å². The van der Waals surface area contributed by atoms with Crippen molar-refractivity contribution in [1.29, 1.82) is 0 Å². The Morgan fingerprint density at radius 3 is 2.54 bits per heavy atom. The third-order valence-corrected chi connectivity index (χ3v) is 4.78. The van der Waals surface area contributed by atoms with Gasteiger partial charge in [0.1, 0.15) is 12.4 Å². The van der Waals surface area contributed by atoms with Crippen LogP contribution in [0.4, 0.5) is 5.69 Å². The standard InChI is InChI=1S/C20H26N4O2/c1-4-18-21-6-8-22(18)7-5-19(25)23-9-10-24(20(26)14-23)17-12-15(2)11-16(3)13-17/h6,8,11-13H,4-5,7,9-10,14H2,1-3H3. The second kappa shape index (κ2) is 7.72. The lowest BCUT2D eigenvalue weighted by atomic mass is 10.1. The highest BCUT2D eigenvalue weighted by atomic mass is 16.2. The van der Waals surface area contributed by atoms with Gasteiger partial charge in [0.05, 0.1) is 0 Å². The second-order valence-electron chi connectivity index (χ2n) is 6.85. The van der Waals surface area contributed by atoms with E-state index >= 15 is 0 Å². The van der Waals surface area contributed by atoms with Crippen LogP contribution in [-0.4, -0.2) is 45.9 Å². The SMILES string of the molecule is CCc1nccn1CCC(=O)N1CCN(c2cc(C)cc(C)c2)C(=O)C1. The van der Waals surface area contributed by atoms with Crippen molar-refractivity contribution in [3.63, 3.8) is 0 Å². The molecule has 2 amide bonds. The first-order valence-electron chi connectivity index (χ1n) is 9.14. The summed E-state index contributed by atoms with van der Waals surface area (Å²) in [5, 5.41) is 0. The van der Waals surface area contributed by atoms with E-state index in [9.17, 15) is 9.59 Å². The molecule has 0 radical (unpaired) electrons. The predicted molar refractivity (Wildman–Crippen MR) is 101 cm³/mol. The molecule has 0 bridgehead atoms. The first-order chi connectivity index (χ1) is 12.5. The molecule has 2 heterocycles. The number of nitrogens with zero attached hydrogens (tertiary/aromatic N) is 4. The first-order valence-corrected chi connectivity index (χ1v) is 9.14. The second-order valence-corrected chi connectivity index (χ2v) is 6.85. The number of benzene rings is 1. The summed E-state index contributed by atoms with van der Waals surface area (Å²) >= 11 is 0. The summed E-state index contributed by atoms with van der Waals surface area (Å²) in [6.45, 7) is 7.97. The average molecular weight is 354 g/mol. The summed E-state index contributed by atoms with van der Waals surface area (Å²) in [7, 11) is 0. The molecule has 1 aliphatic rings. The number of hydrogen-bond acceptors (Lipinski definition) is 3. The molecule has 26 heavy (non-hydrogen) atoms. The number of hydrogen-bond donors (Lipinski definition) is 0. The number of rotatable bonds is 5. The van der Waals surface area contributed by atoms with Gasteiger partial charge in [-0.3, -0.25) is 9.59 Å². The van der Waals surface area contributed by atoms with E-state index in [-0.39, 0.29) is 18.4 Å². The molecule has 0 spiro atoms. The molecule has 1 aliphatic heterocycles. The fourth-order valence-electron chi connectivity index (χ4n) is 3.50. The Labute approximate surface area is 154 Å². The molecule has 0 saturated carbocycles. The van der Waals surface area contributed by atoms with E-state index in [0.29, 0.717) is 26.1 Å². The maximum atomic E-state index is 12.6. The van der Waals surface area contributed by atoms with E-state index in [4.69, 9.17) is 0 Å². The Bertz CT molecular complexity index is 792. The van der Waals surface area contributed by atoms with Crippen molar-refractivity contribution >= 4 is 17.5 Å². The monoisotopic (exact) mass is 354 g/mol. The van der Waals surface area contributed by atoms with Crippen molar-refractivity contribution in [1.82, 2.24) is 14.5 Å². The van der Waals surface area contributed by atoms with Crippen molar-refractivity contribution in [3.8, 4) is 0 Å². The lowest BCUT2D eigenvalue weighted by Gasteiger charge is -2.34. The molecule has 6 heteroatoms. The number of carbonyl (C=O) groups is 2. The minimum atomic E-state index is -0.0218. The van der Waals surface area contributed by atoms with Gasteiger partial charge in [-0.25, -0.2) is 4.98 Å². The number of amides is 2. The zero-order valence-electron chi connectivity index (χ0n) is 15.7. The summed E-state index contributed by atoms with van der Waals surface area (Å²) in [4.78, 5) is 32.8. The van der Waals surface area contributed by atoms with Crippen LogP contribution in [0.15, 0.2) is 30.6 Å². The van der Waals surface area contributed by atoms with E-state index in [2.05, 4.69) is 11.1 Å². The smallest absolute Gasteiger partial charge is 0.246 e. The summed E-state index contributed by atoms with van der Waals surface area (Å²) in [6.07, 6.45) is 4.89. The minimum Gasteiger partial charge on any atom is -0.334 e. The quantitative estimate of drug-likeness (QED) is 0.828. The molecule has 3 rings (SSSR count). The van der Waals surface area contributed by atoms with Gasteiger partial charge in [-0.05, 0) is 37.1 Å². The van der Waals surface area contributed by atoms with E-state index in [0.717, 1.165) is 29.1 Å². The molecule has 2 aromatic rings. The molecule has 1 saturated heterocycles. The van der Waals surface area contributed by atoms with E-state index in [1.807, 2.05) is 43.7 Å². The largest absolute Gasteiger partial charge is 0.334 e. The normalized spacial score (nSPS) is 14.8. The summed E-state index contributed by atoms with van der Waals surface area (Å²) in [5.41, 5.74) is 3.20. The van der Waals surface area contributed by atoms with Crippen molar-refractivity contribution in [2.75, 3.05) is 24.5 Å². The van der Waals surface area contributed by atoms with E-state index in [1.54, 1.807) is 16.0 Å². The van der Waals surface area contributed by atoms with Gasteiger partial charge in [0.15, 0.2) is 0 Å². The molecule has 1 aromatic carbocycles. The average Bonchev–Trinajstić information content (AvgIpc) is 3.06. The van der Waals surface area contributed by atoms with E-state index in [1.165, 1.54) is 0 Å². The Morgan fingerprint density at radius 2 is 1.88 bits per heavy atom. The summed E-state index contributed by atoms with van der Waals surface area (Å²) < 4.78 is 2.01.